The van der Waals surface area contributed by atoms with Crippen molar-refractivity contribution >= 4 is 22.8 Å². The van der Waals surface area contributed by atoms with E-state index >= 15 is 0 Å². The summed E-state index contributed by atoms with van der Waals surface area (Å²) < 4.78 is 15.4. The summed E-state index contributed by atoms with van der Waals surface area (Å²) in [5, 5.41) is 0.654. The van der Waals surface area contributed by atoms with Crippen molar-refractivity contribution in [2.45, 2.75) is 0 Å². The summed E-state index contributed by atoms with van der Waals surface area (Å²) in [6.07, 6.45) is 2.99. The zero-order chi connectivity index (χ0) is 17.8. The van der Waals surface area contributed by atoms with Crippen LogP contribution in [0.3, 0.4) is 0 Å². The van der Waals surface area contributed by atoms with Crippen LogP contribution in [0.2, 0.25) is 0 Å². The van der Waals surface area contributed by atoms with Gasteiger partial charge < -0.3 is 13.9 Å². The van der Waals surface area contributed by atoms with Crippen LogP contribution in [0.1, 0.15) is 15.9 Å². The third kappa shape index (κ3) is 3.61. The Morgan fingerprint density at radius 1 is 0.960 bits per heavy atom. The van der Waals surface area contributed by atoms with Crippen LogP contribution in [-0.2, 0) is 0 Å². The van der Waals surface area contributed by atoms with Crippen LogP contribution in [0.4, 0.5) is 0 Å². The van der Waals surface area contributed by atoms with Crippen molar-refractivity contribution in [2.24, 2.45) is 0 Å². The quantitative estimate of drug-likeness (QED) is 0.404. The zero-order valence-corrected chi connectivity index (χ0v) is 13.8. The molecule has 0 unspecified atom stereocenters. The highest BCUT2D eigenvalue weighted by Crippen LogP contribution is 2.20. The Kier molecular flexibility index (Phi) is 4.66. The molecule has 0 fully saturated rings. The SMILES string of the molecule is COc1ccc(/C=C/C(=O)c2cc3ccc(OC)cc3oc2=O)cc1. The molecule has 0 atom stereocenters. The van der Waals surface area contributed by atoms with Gasteiger partial charge in [-0.1, -0.05) is 18.2 Å². The first-order valence-electron chi connectivity index (χ1n) is 7.59. The number of rotatable bonds is 5. The van der Waals surface area contributed by atoms with Gasteiger partial charge >= 0.3 is 5.63 Å². The van der Waals surface area contributed by atoms with Crippen molar-refractivity contribution in [3.63, 3.8) is 0 Å². The molecule has 25 heavy (non-hydrogen) atoms. The molecule has 0 aliphatic carbocycles. The lowest BCUT2D eigenvalue weighted by Gasteiger charge is -2.02. The number of allylic oxidation sites excluding steroid dienone is 1. The Labute approximate surface area is 144 Å². The lowest BCUT2D eigenvalue weighted by atomic mass is 10.1. The molecule has 1 heterocycles. The first kappa shape index (κ1) is 16.5. The maximum atomic E-state index is 12.3. The molecule has 126 valence electrons. The molecule has 5 heteroatoms. The smallest absolute Gasteiger partial charge is 0.347 e. The number of methoxy groups -OCH3 is 2. The number of hydrogen-bond donors (Lipinski definition) is 0. The molecule has 0 spiro atoms. The number of carbonyl (C=O) groups is 1. The highest BCUT2D eigenvalue weighted by atomic mass is 16.5. The molecule has 0 amide bonds. The topological polar surface area (TPSA) is 65.7 Å². The summed E-state index contributed by atoms with van der Waals surface area (Å²) in [6, 6.07) is 13.8. The van der Waals surface area contributed by atoms with Gasteiger partial charge in [0.15, 0.2) is 5.78 Å². The van der Waals surface area contributed by atoms with Gasteiger partial charge in [0.25, 0.3) is 0 Å². The van der Waals surface area contributed by atoms with E-state index in [9.17, 15) is 9.59 Å². The molecule has 0 radical (unpaired) electrons. The van der Waals surface area contributed by atoms with Gasteiger partial charge in [0.1, 0.15) is 22.6 Å². The molecule has 0 bridgehead atoms. The molecular formula is C20H16O5. The number of ether oxygens (including phenoxy) is 2. The minimum atomic E-state index is -0.676. The average molecular weight is 336 g/mol. The monoisotopic (exact) mass is 336 g/mol. The summed E-state index contributed by atoms with van der Waals surface area (Å²) in [5.41, 5.74) is 0.511. The molecule has 2 aromatic carbocycles. The molecule has 0 saturated heterocycles. The Morgan fingerprint density at radius 3 is 2.32 bits per heavy atom. The first-order chi connectivity index (χ1) is 12.1. The van der Waals surface area contributed by atoms with Crippen LogP contribution >= 0.6 is 0 Å². The van der Waals surface area contributed by atoms with Crippen LogP contribution in [0.15, 0.2) is 63.8 Å². The maximum Gasteiger partial charge on any atom is 0.347 e. The van der Waals surface area contributed by atoms with Crippen LogP contribution < -0.4 is 15.1 Å². The van der Waals surface area contributed by atoms with Gasteiger partial charge in [-0.25, -0.2) is 4.79 Å². The highest BCUT2D eigenvalue weighted by Gasteiger charge is 2.11. The molecule has 1 aromatic heterocycles. The Hall–Kier alpha value is -3.34. The number of ketones is 1. The fourth-order valence-electron chi connectivity index (χ4n) is 2.37. The summed E-state index contributed by atoms with van der Waals surface area (Å²) in [5.74, 6) is 0.894. The lowest BCUT2D eigenvalue weighted by molar-refractivity contribution is 0.104. The molecule has 0 N–H and O–H groups in total. The van der Waals surface area contributed by atoms with Gasteiger partial charge in [-0.05, 0) is 42.0 Å². The predicted molar refractivity (Wildman–Crippen MR) is 95.4 cm³/mol. The summed E-state index contributed by atoms with van der Waals surface area (Å²) in [6.45, 7) is 0. The maximum absolute atomic E-state index is 12.3. The minimum Gasteiger partial charge on any atom is -0.497 e. The molecule has 3 rings (SSSR count). The van der Waals surface area contributed by atoms with Gasteiger partial charge in [-0.2, -0.15) is 0 Å². The fraction of sp³-hybridized carbons (Fsp3) is 0.100. The Balaban J connectivity index is 1.89. The van der Waals surface area contributed by atoms with E-state index in [1.54, 1.807) is 43.5 Å². The number of hydrogen-bond acceptors (Lipinski definition) is 5. The van der Waals surface area contributed by atoms with E-state index in [0.717, 1.165) is 11.3 Å². The lowest BCUT2D eigenvalue weighted by Crippen LogP contribution is -2.11. The fourth-order valence-corrected chi connectivity index (χ4v) is 2.37. The Morgan fingerprint density at radius 2 is 1.64 bits per heavy atom. The van der Waals surface area contributed by atoms with Crippen molar-refractivity contribution in [2.75, 3.05) is 14.2 Å². The summed E-state index contributed by atoms with van der Waals surface area (Å²) in [7, 11) is 3.12. The molecule has 3 aromatic rings. The summed E-state index contributed by atoms with van der Waals surface area (Å²) in [4.78, 5) is 24.4. The second-order valence-corrected chi connectivity index (χ2v) is 5.32. The van der Waals surface area contributed by atoms with Crippen molar-refractivity contribution in [3.05, 3.63) is 76.2 Å². The second kappa shape index (κ2) is 7.05. The third-order valence-electron chi connectivity index (χ3n) is 3.75. The number of benzene rings is 2. The largest absolute Gasteiger partial charge is 0.497 e. The number of fused-ring (bicyclic) bond motifs is 1. The van der Waals surface area contributed by atoms with Crippen molar-refractivity contribution < 1.29 is 18.7 Å². The van der Waals surface area contributed by atoms with Crippen molar-refractivity contribution in [1.29, 1.82) is 0 Å². The van der Waals surface area contributed by atoms with Crippen LogP contribution in [0.5, 0.6) is 11.5 Å². The van der Waals surface area contributed by atoms with Crippen molar-refractivity contribution in [3.8, 4) is 11.5 Å². The van der Waals surface area contributed by atoms with E-state index in [0.29, 0.717) is 16.7 Å². The van der Waals surface area contributed by atoms with E-state index in [2.05, 4.69) is 0 Å². The van der Waals surface area contributed by atoms with Gasteiger partial charge in [-0.15, -0.1) is 0 Å². The Bertz CT molecular complexity index is 997. The molecular weight excluding hydrogens is 320 g/mol. The summed E-state index contributed by atoms with van der Waals surface area (Å²) >= 11 is 0. The van der Waals surface area contributed by atoms with E-state index in [-0.39, 0.29) is 5.56 Å². The number of carbonyl (C=O) groups excluding carboxylic acids is 1. The van der Waals surface area contributed by atoms with E-state index in [1.165, 1.54) is 19.3 Å². The van der Waals surface area contributed by atoms with Gasteiger partial charge in [0.2, 0.25) is 0 Å². The molecule has 0 aliphatic heterocycles. The van der Waals surface area contributed by atoms with Crippen LogP contribution in [-0.4, -0.2) is 20.0 Å². The third-order valence-corrected chi connectivity index (χ3v) is 3.75. The van der Waals surface area contributed by atoms with E-state index < -0.39 is 11.4 Å². The van der Waals surface area contributed by atoms with Crippen molar-refractivity contribution in [1.82, 2.24) is 0 Å². The van der Waals surface area contributed by atoms with E-state index in [4.69, 9.17) is 13.9 Å². The molecule has 5 nitrogen and oxygen atoms in total. The minimum absolute atomic E-state index is 0.0116. The van der Waals surface area contributed by atoms with E-state index in [1.807, 2.05) is 12.1 Å². The second-order valence-electron chi connectivity index (χ2n) is 5.32. The van der Waals surface area contributed by atoms with Gasteiger partial charge in [0.05, 0.1) is 14.2 Å². The van der Waals surface area contributed by atoms with Crippen LogP contribution in [0.25, 0.3) is 17.0 Å². The zero-order valence-electron chi connectivity index (χ0n) is 13.8. The standard InChI is InChI=1S/C20H16O5/c1-23-15-7-3-13(4-8-15)5-10-18(21)17-11-14-6-9-16(24-2)12-19(14)25-20(17)22/h3-12H,1-2H3/b10-5+. The first-order valence-corrected chi connectivity index (χ1v) is 7.59. The predicted octanol–water partition coefficient (Wildman–Crippen LogP) is 3.71. The van der Waals surface area contributed by atoms with Crippen LogP contribution in [0, 0.1) is 0 Å². The molecule has 0 aliphatic rings. The average Bonchev–Trinajstić information content (AvgIpc) is 2.65. The van der Waals surface area contributed by atoms with Gasteiger partial charge in [0, 0.05) is 11.5 Å². The van der Waals surface area contributed by atoms with Gasteiger partial charge in [-0.3, -0.25) is 4.79 Å². The molecule has 0 saturated carbocycles. The normalized spacial score (nSPS) is 11.0. The highest BCUT2D eigenvalue weighted by molar-refractivity contribution is 6.07.